The van der Waals surface area contributed by atoms with Crippen molar-refractivity contribution in [3.8, 4) is 0 Å². The standard InChI is InChI=1S/C13H20ClN3/c1-8-10(14)16-12(9-5-6-9)17-11(8)15-7-13(2,3)4/h9H,5-7H2,1-4H3,(H,15,16,17). The minimum atomic E-state index is 0.226. The molecule has 1 aromatic rings. The van der Waals surface area contributed by atoms with Crippen LogP contribution in [-0.4, -0.2) is 16.5 Å². The third-order valence-electron chi connectivity index (χ3n) is 2.83. The smallest absolute Gasteiger partial charge is 0.137 e. The van der Waals surface area contributed by atoms with Gasteiger partial charge in [-0.3, -0.25) is 0 Å². The minimum Gasteiger partial charge on any atom is -0.369 e. The molecule has 3 nitrogen and oxygen atoms in total. The first-order valence-electron chi connectivity index (χ1n) is 6.15. The van der Waals surface area contributed by atoms with E-state index in [-0.39, 0.29) is 5.41 Å². The number of rotatable bonds is 3. The number of hydrogen-bond acceptors (Lipinski definition) is 3. The molecule has 1 aromatic heterocycles. The maximum atomic E-state index is 6.15. The van der Waals surface area contributed by atoms with Crippen LogP contribution in [0.25, 0.3) is 0 Å². The van der Waals surface area contributed by atoms with Crippen LogP contribution in [0.1, 0.15) is 50.9 Å². The van der Waals surface area contributed by atoms with E-state index < -0.39 is 0 Å². The van der Waals surface area contributed by atoms with E-state index in [9.17, 15) is 0 Å². The Bertz CT molecular complexity index is 419. The highest BCUT2D eigenvalue weighted by Gasteiger charge is 2.28. The Morgan fingerprint density at radius 2 is 1.94 bits per heavy atom. The summed E-state index contributed by atoms with van der Waals surface area (Å²) in [5.41, 5.74) is 1.17. The Labute approximate surface area is 108 Å². The number of halogens is 1. The van der Waals surface area contributed by atoms with Crippen LogP contribution in [0.2, 0.25) is 5.15 Å². The molecule has 0 aliphatic heterocycles. The van der Waals surface area contributed by atoms with Gasteiger partial charge < -0.3 is 5.32 Å². The highest BCUT2D eigenvalue weighted by Crippen LogP contribution is 2.39. The number of hydrogen-bond donors (Lipinski definition) is 1. The Balaban J connectivity index is 2.19. The van der Waals surface area contributed by atoms with Crippen LogP contribution in [0.3, 0.4) is 0 Å². The first kappa shape index (κ1) is 12.6. The van der Waals surface area contributed by atoms with E-state index in [0.717, 1.165) is 23.8 Å². The van der Waals surface area contributed by atoms with Gasteiger partial charge in [0.25, 0.3) is 0 Å². The van der Waals surface area contributed by atoms with Gasteiger partial charge in [0.15, 0.2) is 0 Å². The van der Waals surface area contributed by atoms with E-state index in [1.807, 2.05) is 6.92 Å². The predicted molar refractivity (Wildman–Crippen MR) is 71.7 cm³/mol. The van der Waals surface area contributed by atoms with Crippen molar-refractivity contribution in [2.45, 2.75) is 46.5 Å². The molecule has 0 spiro atoms. The van der Waals surface area contributed by atoms with Gasteiger partial charge in [0, 0.05) is 18.0 Å². The van der Waals surface area contributed by atoms with Crippen molar-refractivity contribution in [1.29, 1.82) is 0 Å². The highest BCUT2D eigenvalue weighted by atomic mass is 35.5. The van der Waals surface area contributed by atoms with E-state index in [2.05, 4.69) is 36.1 Å². The van der Waals surface area contributed by atoms with E-state index in [4.69, 9.17) is 11.6 Å². The van der Waals surface area contributed by atoms with Crippen molar-refractivity contribution >= 4 is 17.4 Å². The fraction of sp³-hybridized carbons (Fsp3) is 0.692. The van der Waals surface area contributed by atoms with Crippen LogP contribution in [0.15, 0.2) is 0 Å². The van der Waals surface area contributed by atoms with Gasteiger partial charge in [0.05, 0.1) is 0 Å². The zero-order valence-corrected chi connectivity index (χ0v) is 11.7. The molecule has 1 saturated carbocycles. The van der Waals surface area contributed by atoms with Gasteiger partial charge in [0.2, 0.25) is 0 Å². The molecule has 1 aliphatic rings. The highest BCUT2D eigenvalue weighted by molar-refractivity contribution is 6.30. The lowest BCUT2D eigenvalue weighted by molar-refractivity contribution is 0.442. The van der Waals surface area contributed by atoms with E-state index in [1.54, 1.807) is 0 Å². The van der Waals surface area contributed by atoms with Crippen molar-refractivity contribution in [3.05, 3.63) is 16.5 Å². The molecular weight excluding hydrogens is 234 g/mol. The molecule has 2 rings (SSSR count). The van der Waals surface area contributed by atoms with Gasteiger partial charge in [-0.15, -0.1) is 0 Å². The second kappa shape index (κ2) is 4.45. The molecular formula is C13H20ClN3. The molecule has 1 heterocycles. The Morgan fingerprint density at radius 1 is 1.29 bits per heavy atom. The van der Waals surface area contributed by atoms with E-state index in [1.165, 1.54) is 12.8 Å². The maximum Gasteiger partial charge on any atom is 0.137 e. The molecule has 1 fully saturated rings. The lowest BCUT2D eigenvalue weighted by Gasteiger charge is -2.20. The molecule has 0 amide bonds. The van der Waals surface area contributed by atoms with Gasteiger partial charge in [-0.05, 0) is 25.2 Å². The second-order valence-corrected chi connectivity index (χ2v) is 6.39. The van der Waals surface area contributed by atoms with Crippen LogP contribution < -0.4 is 5.32 Å². The molecule has 0 bridgehead atoms. The largest absolute Gasteiger partial charge is 0.369 e. The normalized spacial score (nSPS) is 16.1. The molecule has 0 atom stereocenters. The molecule has 94 valence electrons. The summed E-state index contributed by atoms with van der Waals surface area (Å²) in [7, 11) is 0. The van der Waals surface area contributed by atoms with Crippen molar-refractivity contribution in [1.82, 2.24) is 9.97 Å². The monoisotopic (exact) mass is 253 g/mol. The summed E-state index contributed by atoms with van der Waals surface area (Å²) in [6.07, 6.45) is 2.39. The third kappa shape index (κ3) is 3.32. The minimum absolute atomic E-state index is 0.226. The molecule has 0 radical (unpaired) electrons. The van der Waals surface area contributed by atoms with E-state index in [0.29, 0.717) is 11.1 Å². The molecule has 0 saturated heterocycles. The van der Waals surface area contributed by atoms with Crippen molar-refractivity contribution in [2.75, 3.05) is 11.9 Å². The topological polar surface area (TPSA) is 37.8 Å². The summed E-state index contributed by atoms with van der Waals surface area (Å²) in [5, 5.41) is 3.96. The molecule has 0 unspecified atom stereocenters. The second-order valence-electron chi connectivity index (χ2n) is 6.03. The predicted octanol–water partition coefficient (Wildman–Crippen LogP) is 3.77. The summed E-state index contributed by atoms with van der Waals surface area (Å²) in [6, 6.07) is 0. The fourth-order valence-electron chi connectivity index (χ4n) is 1.55. The quantitative estimate of drug-likeness (QED) is 0.834. The SMILES string of the molecule is Cc1c(Cl)nc(C2CC2)nc1NCC(C)(C)C. The maximum absolute atomic E-state index is 6.15. The molecule has 4 heteroatoms. The number of nitrogens with zero attached hydrogens (tertiary/aromatic N) is 2. The summed E-state index contributed by atoms with van der Waals surface area (Å²) in [6.45, 7) is 9.43. The average molecular weight is 254 g/mol. The molecule has 1 N–H and O–H groups in total. The Morgan fingerprint density at radius 3 is 2.47 bits per heavy atom. The number of aromatic nitrogens is 2. The zero-order valence-electron chi connectivity index (χ0n) is 11.0. The van der Waals surface area contributed by atoms with Gasteiger partial charge in [-0.2, -0.15) is 0 Å². The lowest BCUT2D eigenvalue weighted by atomic mass is 9.97. The number of nitrogens with one attached hydrogen (secondary N) is 1. The molecule has 0 aromatic carbocycles. The van der Waals surface area contributed by atoms with Crippen LogP contribution in [0.5, 0.6) is 0 Å². The molecule has 1 aliphatic carbocycles. The van der Waals surface area contributed by atoms with Gasteiger partial charge in [-0.25, -0.2) is 9.97 Å². The Hall–Kier alpha value is -0.830. The number of anilines is 1. The Kier molecular flexibility index (Phi) is 3.30. The summed E-state index contributed by atoms with van der Waals surface area (Å²) in [5.74, 6) is 2.32. The van der Waals surface area contributed by atoms with Gasteiger partial charge in [0.1, 0.15) is 16.8 Å². The van der Waals surface area contributed by atoms with Crippen LogP contribution >= 0.6 is 11.6 Å². The average Bonchev–Trinajstić information content (AvgIpc) is 3.02. The van der Waals surface area contributed by atoms with Gasteiger partial charge in [-0.1, -0.05) is 32.4 Å². The first-order valence-corrected chi connectivity index (χ1v) is 6.52. The van der Waals surface area contributed by atoms with Crippen molar-refractivity contribution in [3.63, 3.8) is 0 Å². The zero-order chi connectivity index (χ0) is 12.6. The first-order chi connectivity index (χ1) is 7.87. The molecule has 17 heavy (non-hydrogen) atoms. The summed E-state index contributed by atoms with van der Waals surface area (Å²) < 4.78 is 0. The van der Waals surface area contributed by atoms with E-state index >= 15 is 0 Å². The van der Waals surface area contributed by atoms with Crippen LogP contribution in [0, 0.1) is 12.3 Å². The van der Waals surface area contributed by atoms with Crippen LogP contribution in [-0.2, 0) is 0 Å². The summed E-state index contributed by atoms with van der Waals surface area (Å²) in [4.78, 5) is 8.95. The third-order valence-corrected chi connectivity index (χ3v) is 3.20. The van der Waals surface area contributed by atoms with Crippen LogP contribution in [0.4, 0.5) is 5.82 Å². The van der Waals surface area contributed by atoms with Crippen molar-refractivity contribution in [2.24, 2.45) is 5.41 Å². The van der Waals surface area contributed by atoms with Gasteiger partial charge >= 0.3 is 0 Å². The summed E-state index contributed by atoms with van der Waals surface area (Å²) >= 11 is 6.15. The van der Waals surface area contributed by atoms with Crippen molar-refractivity contribution < 1.29 is 0 Å². The fourth-order valence-corrected chi connectivity index (χ4v) is 1.73. The lowest BCUT2D eigenvalue weighted by Crippen LogP contribution is -2.20.